The molecule has 3 nitrogen and oxygen atoms in total. The number of thiazole rings is 1. The van der Waals surface area contributed by atoms with E-state index in [1.54, 1.807) is 11.3 Å². The third kappa shape index (κ3) is 3.14. The molecule has 15 heavy (non-hydrogen) atoms. The molecule has 1 fully saturated rings. The summed E-state index contributed by atoms with van der Waals surface area (Å²) in [5.74, 6) is 0. The predicted molar refractivity (Wildman–Crippen MR) is 64.5 cm³/mol. The summed E-state index contributed by atoms with van der Waals surface area (Å²) >= 11 is 7.39. The Morgan fingerprint density at radius 2 is 2.20 bits per heavy atom. The lowest BCUT2D eigenvalue weighted by Gasteiger charge is -2.35. The van der Waals surface area contributed by atoms with Crippen molar-refractivity contribution in [1.82, 2.24) is 15.2 Å². The van der Waals surface area contributed by atoms with E-state index in [1.807, 2.05) is 6.20 Å². The highest BCUT2D eigenvalue weighted by Gasteiger charge is 2.21. The van der Waals surface area contributed by atoms with E-state index >= 15 is 0 Å². The van der Waals surface area contributed by atoms with Gasteiger partial charge in [0.2, 0.25) is 0 Å². The van der Waals surface area contributed by atoms with Gasteiger partial charge in [-0.15, -0.1) is 11.3 Å². The minimum absolute atomic E-state index is 0.567. The van der Waals surface area contributed by atoms with Crippen LogP contribution in [-0.2, 0) is 6.54 Å². The van der Waals surface area contributed by atoms with Crippen LogP contribution in [-0.4, -0.2) is 35.1 Å². The third-order valence-corrected chi connectivity index (χ3v) is 3.64. The van der Waals surface area contributed by atoms with Crippen molar-refractivity contribution in [2.45, 2.75) is 32.5 Å². The van der Waals surface area contributed by atoms with E-state index < -0.39 is 0 Å². The summed E-state index contributed by atoms with van der Waals surface area (Å²) in [5.41, 5.74) is 0. The standard InChI is InChI=1S/C10H16ClN3S/c1-7-4-14(5-8(2)13-7)6-9-3-12-10(11)15-9/h3,7-8,13H,4-6H2,1-2H3. The molecule has 1 aliphatic rings. The van der Waals surface area contributed by atoms with Gasteiger partial charge >= 0.3 is 0 Å². The van der Waals surface area contributed by atoms with Crippen molar-refractivity contribution in [2.75, 3.05) is 13.1 Å². The highest BCUT2D eigenvalue weighted by atomic mass is 35.5. The number of piperazine rings is 1. The second-order valence-corrected chi connectivity index (χ2v) is 5.94. The minimum atomic E-state index is 0.567. The first-order chi connectivity index (χ1) is 7.13. The van der Waals surface area contributed by atoms with Gasteiger partial charge in [0.1, 0.15) is 0 Å². The maximum absolute atomic E-state index is 5.81. The smallest absolute Gasteiger partial charge is 0.183 e. The van der Waals surface area contributed by atoms with Gasteiger partial charge in [0.15, 0.2) is 4.47 Å². The number of rotatable bonds is 2. The normalized spacial score (nSPS) is 28.2. The maximum atomic E-state index is 5.81. The first-order valence-electron chi connectivity index (χ1n) is 5.22. The first kappa shape index (κ1) is 11.3. The van der Waals surface area contributed by atoms with Crippen LogP contribution in [0, 0.1) is 0 Å². The molecule has 1 saturated heterocycles. The molecule has 2 rings (SSSR count). The molecule has 84 valence electrons. The largest absolute Gasteiger partial charge is 0.309 e. The van der Waals surface area contributed by atoms with Crippen LogP contribution >= 0.6 is 22.9 Å². The number of hydrogen-bond donors (Lipinski definition) is 1. The average molecular weight is 246 g/mol. The molecule has 1 N–H and O–H groups in total. The fourth-order valence-corrected chi connectivity index (χ4v) is 3.17. The Bertz CT molecular complexity index is 318. The number of nitrogens with zero attached hydrogens (tertiary/aromatic N) is 2. The molecule has 0 amide bonds. The van der Waals surface area contributed by atoms with Crippen LogP contribution in [0.15, 0.2) is 6.20 Å². The summed E-state index contributed by atoms with van der Waals surface area (Å²) in [4.78, 5) is 7.77. The summed E-state index contributed by atoms with van der Waals surface area (Å²) in [6.07, 6.45) is 1.88. The summed E-state index contributed by atoms with van der Waals surface area (Å²) < 4.78 is 0.640. The van der Waals surface area contributed by atoms with Crippen LogP contribution in [0.3, 0.4) is 0 Å². The average Bonchev–Trinajstić information content (AvgIpc) is 2.49. The van der Waals surface area contributed by atoms with Crippen molar-refractivity contribution in [3.63, 3.8) is 0 Å². The zero-order chi connectivity index (χ0) is 10.8. The molecule has 1 aromatic heterocycles. The number of aromatic nitrogens is 1. The van der Waals surface area contributed by atoms with Crippen molar-refractivity contribution in [3.05, 3.63) is 15.5 Å². The minimum Gasteiger partial charge on any atom is -0.309 e. The number of nitrogens with one attached hydrogen (secondary N) is 1. The fraction of sp³-hybridized carbons (Fsp3) is 0.700. The van der Waals surface area contributed by atoms with E-state index in [9.17, 15) is 0 Å². The van der Waals surface area contributed by atoms with Crippen LogP contribution in [0.25, 0.3) is 0 Å². The second-order valence-electron chi connectivity index (χ2n) is 4.24. The van der Waals surface area contributed by atoms with E-state index in [4.69, 9.17) is 11.6 Å². The summed E-state index contributed by atoms with van der Waals surface area (Å²) in [6, 6.07) is 1.13. The molecule has 1 aliphatic heterocycles. The lowest BCUT2D eigenvalue weighted by Crippen LogP contribution is -2.53. The first-order valence-corrected chi connectivity index (χ1v) is 6.41. The summed E-state index contributed by atoms with van der Waals surface area (Å²) in [5, 5.41) is 3.52. The summed E-state index contributed by atoms with van der Waals surface area (Å²) in [6.45, 7) is 7.62. The van der Waals surface area contributed by atoms with E-state index in [-0.39, 0.29) is 0 Å². The molecule has 2 atom stereocenters. The van der Waals surface area contributed by atoms with E-state index in [0.717, 1.165) is 19.6 Å². The third-order valence-electron chi connectivity index (χ3n) is 2.54. The fourth-order valence-electron chi connectivity index (χ4n) is 2.15. The van der Waals surface area contributed by atoms with Gasteiger partial charge < -0.3 is 5.32 Å². The van der Waals surface area contributed by atoms with E-state index in [1.165, 1.54) is 4.88 Å². The predicted octanol–water partition coefficient (Wildman–Crippen LogP) is 1.98. The highest BCUT2D eigenvalue weighted by molar-refractivity contribution is 7.15. The molecule has 1 aromatic rings. The van der Waals surface area contributed by atoms with Gasteiger partial charge in [-0.1, -0.05) is 11.6 Å². The zero-order valence-electron chi connectivity index (χ0n) is 9.03. The van der Waals surface area contributed by atoms with Gasteiger partial charge in [0, 0.05) is 42.8 Å². The number of halogens is 1. The Hall–Kier alpha value is -0.160. The molecule has 0 radical (unpaired) electrons. The van der Waals surface area contributed by atoms with E-state index in [2.05, 4.69) is 29.0 Å². The zero-order valence-corrected chi connectivity index (χ0v) is 10.6. The molecule has 0 bridgehead atoms. The molecule has 0 saturated carbocycles. The van der Waals surface area contributed by atoms with Crippen LogP contribution < -0.4 is 5.32 Å². The van der Waals surface area contributed by atoms with Gasteiger partial charge in [-0.25, -0.2) is 4.98 Å². The number of hydrogen-bond acceptors (Lipinski definition) is 4. The lowest BCUT2D eigenvalue weighted by atomic mass is 10.1. The Morgan fingerprint density at radius 3 is 2.73 bits per heavy atom. The highest BCUT2D eigenvalue weighted by Crippen LogP contribution is 2.20. The molecule has 5 heteroatoms. The lowest BCUT2D eigenvalue weighted by molar-refractivity contribution is 0.168. The SMILES string of the molecule is CC1CN(Cc2cnc(Cl)s2)CC(C)N1. The van der Waals surface area contributed by atoms with Crippen molar-refractivity contribution >= 4 is 22.9 Å². The van der Waals surface area contributed by atoms with Crippen molar-refractivity contribution < 1.29 is 0 Å². The Kier molecular flexibility index (Phi) is 3.61. The van der Waals surface area contributed by atoms with Gasteiger partial charge in [0.05, 0.1) is 0 Å². The molecule has 0 aliphatic carbocycles. The quantitative estimate of drug-likeness (QED) is 0.864. The maximum Gasteiger partial charge on any atom is 0.183 e. The molecular formula is C10H16ClN3S. The van der Waals surface area contributed by atoms with E-state index in [0.29, 0.717) is 16.6 Å². The van der Waals surface area contributed by atoms with Crippen molar-refractivity contribution in [3.8, 4) is 0 Å². The van der Waals surface area contributed by atoms with Crippen molar-refractivity contribution in [2.24, 2.45) is 0 Å². The monoisotopic (exact) mass is 245 g/mol. The van der Waals surface area contributed by atoms with Crippen LogP contribution in [0.1, 0.15) is 18.7 Å². The molecule has 2 unspecified atom stereocenters. The van der Waals surface area contributed by atoms with Gasteiger partial charge in [0.25, 0.3) is 0 Å². The Labute approximate surface area is 99.5 Å². The molecule has 2 heterocycles. The Morgan fingerprint density at radius 1 is 1.53 bits per heavy atom. The van der Waals surface area contributed by atoms with Gasteiger partial charge in [-0.05, 0) is 13.8 Å². The van der Waals surface area contributed by atoms with Crippen molar-refractivity contribution in [1.29, 1.82) is 0 Å². The summed E-state index contributed by atoms with van der Waals surface area (Å²) in [7, 11) is 0. The Balaban J connectivity index is 1.94. The van der Waals surface area contributed by atoms with Crippen LogP contribution in [0.2, 0.25) is 4.47 Å². The van der Waals surface area contributed by atoms with Crippen LogP contribution in [0.4, 0.5) is 0 Å². The second kappa shape index (κ2) is 4.78. The molecule has 0 spiro atoms. The van der Waals surface area contributed by atoms with Crippen LogP contribution in [0.5, 0.6) is 0 Å². The molecule has 0 aromatic carbocycles. The van der Waals surface area contributed by atoms with Gasteiger partial charge in [-0.3, -0.25) is 4.90 Å². The topological polar surface area (TPSA) is 28.2 Å². The van der Waals surface area contributed by atoms with Gasteiger partial charge in [-0.2, -0.15) is 0 Å². The molecular weight excluding hydrogens is 230 g/mol.